The van der Waals surface area contributed by atoms with Crippen LogP contribution in [0.1, 0.15) is 12.5 Å². The van der Waals surface area contributed by atoms with E-state index in [4.69, 9.17) is 14.7 Å². The lowest BCUT2D eigenvalue weighted by molar-refractivity contribution is 0.336. The quantitative estimate of drug-likeness (QED) is 0.315. The van der Waals surface area contributed by atoms with Crippen LogP contribution in [0.15, 0.2) is 55.4 Å². The highest BCUT2D eigenvalue weighted by molar-refractivity contribution is 6.99. The van der Waals surface area contributed by atoms with E-state index in [0.717, 1.165) is 17.1 Å². The number of methoxy groups -OCH3 is 1. The molecule has 0 bridgehead atoms. The molecule has 0 aliphatic rings. The van der Waals surface area contributed by atoms with Gasteiger partial charge in [-0.15, -0.1) is 16.8 Å². The van der Waals surface area contributed by atoms with E-state index in [9.17, 15) is 4.79 Å². The van der Waals surface area contributed by atoms with E-state index < -0.39 is 6.71 Å². The highest BCUT2D eigenvalue weighted by atomic mass is 16.5. The van der Waals surface area contributed by atoms with Crippen LogP contribution in [0.4, 0.5) is 0 Å². The first-order valence-electron chi connectivity index (χ1n) is 9.66. The van der Waals surface area contributed by atoms with Crippen molar-refractivity contribution in [1.82, 2.24) is 19.7 Å². The van der Waals surface area contributed by atoms with Crippen LogP contribution in [0.5, 0.6) is 11.5 Å². The fourth-order valence-corrected chi connectivity index (χ4v) is 2.71. The van der Waals surface area contributed by atoms with Crippen LogP contribution in [-0.4, -0.2) is 46.4 Å². The third-order valence-electron chi connectivity index (χ3n) is 4.22. The Bertz CT molecular complexity index is 1060. The van der Waals surface area contributed by atoms with E-state index in [1.807, 2.05) is 38.0 Å². The SMILES string of the molecule is C=CCn1cnnc1-c1cccc(B(C#N)C=O)n1.CCOc1ccc(OC)cc1C. The Kier molecular flexibility index (Phi) is 8.99. The van der Waals surface area contributed by atoms with Crippen molar-refractivity contribution in [2.45, 2.75) is 20.4 Å². The van der Waals surface area contributed by atoms with Crippen molar-refractivity contribution < 1.29 is 14.3 Å². The molecule has 0 fully saturated rings. The molecule has 3 rings (SSSR count). The lowest BCUT2D eigenvalue weighted by Crippen LogP contribution is -2.33. The van der Waals surface area contributed by atoms with Gasteiger partial charge in [0.1, 0.15) is 29.7 Å². The number of carbonyl (C=O) groups is 1. The number of aryl methyl sites for hydroxylation is 1. The molecule has 0 atom stereocenters. The van der Waals surface area contributed by atoms with Gasteiger partial charge in [-0.25, -0.2) is 5.26 Å². The van der Waals surface area contributed by atoms with Crippen LogP contribution in [-0.2, 0) is 11.3 Å². The predicted octanol–water partition coefficient (Wildman–Crippen LogP) is 2.46. The molecule has 8 nitrogen and oxygen atoms in total. The largest absolute Gasteiger partial charge is 0.497 e. The number of allylic oxidation sites excluding steroid dienone is 1. The minimum atomic E-state index is -0.865. The van der Waals surface area contributed by atoms with E-state index in [0.29, 0.717) is 36.4 Å². The van der Waals surface area contributed by atoms with E-state index in [1.54, 1.807) is 42.3 Å². The zero-order valence-electron chi connectivity index (χ0n) is 17.9. The molecule has 1 aromatic carbocycles. The van der Waals surface area contributed by atoms with Crippen molar-refractivity contribution in [3.8, 4) is 29.0 Å². The van der Waals surface area contributed by atoms with Crippen LogP contribution in [0, 0.1) is 18.2 Å². The number of pyridine rings is 1. The third kappa shape index (κ3) is 6.28. The monoisotopic (exact) mass is 417 g/mol. The molecule has 0 N–H and O–H groups in total. The van der Waals surface area contributed by atoms with Crippen molar-refractivity contribution in [2.75, 3.05) is 13.7 Å². The van der Waals surface area contributed by atoms with E-state index in [-0.39, 0.29) is 0 Å². The summed E-state index contributed by atoms with van der Waals surface area (Å²) < 4.78 is 12.2. The molecule has 9 heteroatoms. The lowest BCUT2D eigenvalue weighted by atomic mass is 9.50. The first-order chi connectivity index (χ1) is 15.1. The van der Waals surface area contributed by atoms with Crippen molar-refractivity contribution >= 4 is 18.5 Å². The van der Waals surface area contributed by atoms with Crippen molar-refractivity contribution in [1.29, 1.82) is 5.26 Å². The summed E-state index contributed by atoms with van der Waals surface area (Å²) in [5, 5.41) is 16.7. The second kappa shape index (κ2) is 11.9. The van der Waals surface area contributed by atoms with Crippen molar-refractivity contribution in [3.63, 3.8) is 0 Å². The molecule has 0 unspecified atom stereocenters. The van der Waals surface area contributed by atoms with Gasteiger partial charge in [0.25, 0.3) is 0 Å². The van der Waals surface area contributed by atoms with Gasteiger partial charge < -0.3 is 18.8 Å². The molecule has 2 aromatic heterocycles. The van der Waals surface area contributed by atoms with Gasteiger partial charge in [-0.05, 0) is 49.7 Å². The maximum Gasteiger partial charge on any atom is 0.390 e. The average Bonchev–Trinajstić information content (AvgIpc) is 3.25. The zero-order valence-corrected chi connectivity index (χ0v) is 17.9. The number of nitrogens with zero attached hydrogens (tertiary/aromatic N) is 5. The molecule has 0 radical (unpaired) electrons. The molecule has 0 aliphatic carbocycles. The summed E-state index contributed by atoms with van der Waals surface area (Å²) in [5.41, 5.74) is 2.08. The van der Waals surface area contributed by atoms with Crippen LogP contribution in [0.3, 0.4) is 0 Å². The molecule has 158 valence electrons. The van der Waals surface area contributed by atoms with Crippen LogP contribution >= 0.6 is 0 Å². The lowest BCUT2D eigenvalue weighted by Gasteiger charge is -2.07. The molecule has 0 spiro atoms. The minimum absolute atomic E-state index is 0.406. The number of carbonyl (C=O) groups excluding carboxylic acids is 1. The van der Waals surface area contributed by atoms with Gasteiger partial charge in [0.15, 0.2) is 5.82 Å². The molecule has 0 aliphatic heterocycles. The summed E-state index contributed by atoms with van der Waals surface area (Å²) in [5.74, 6) is 4.26. The summed E-state index contributed by atoms with van der Waals surface area (Å²) >= 11 is 0. The number of nitriles is 1. The van der Waals surface area contributed by atoms with Gasteiger partial charge in [-0.1, -0.05) is 12.1 Å². The molecule has 0 amide bonds. The molecule has 0 saturated carbocycles. The summed E-state index contributed by atoms with van der Waals surface area (Å²) in [4.78, 5) is 15.1. The fourth-order valence-electron chi connectivity index (χ4n) is 2.71. The minimum Gasteiger partial charge on any atom is -0.497 e. The summed E-state index contributed by atoms with van der Waals surface area (Å²) in [6.45, 7) is 8.04. The van der Waals surface area contributed by atoms with Gasteiger partial charge in [0.2, 0.25) is 0 Å². The number of benzene rings is 1. The topological polar surface area (TPSA) is 103 Å². The Balaban J connectivity index is 0.000000245. The van der Waals surface area contributed by atoms with Crippen molar-refractivity contribution in [3.05, 3.63) is 60.9 Å². The molecule has 31 heavy (non-hydrogen) atoms. The molecular formula is C22H24BN5O3. The summed E-state index contributed by atoms with van der Waals surface area (Å²) in [6, 6.07) is 10.9. The van der Waals surface area contributed by atoms with Gasteiger partial charge in [-0.2, -0.15) is 0 Å². The Morgan fingerprint density at radius 3 is 2.74 bits per heavy atom. The number of ether oxygens (including phenoxy) is 2. The standard InChI is InChI=1S/C12H10BN5O.C10H14O2/c1-2-6-18-9-15-17-12(18)10-4-3-5-11(16-10)13(7-14)8-19;1-4-12-10-6-5-9(11-3)7-8(10)2/h2-5,8-9H,1,6H2;5-7H,4H2,1-3H3. The summed E-state index contributed by atoms with van der Waals surface area (Å²) in [7, 11) is 1.66. The maximum absolute atomic E-state index is 10.8. The van der Waals surface area contributed by atoms with Gasteiger partial charge in [0.05, 0.1) is 13.7 Å². The van der Waals surface area contributed by atoms with Crippen molar-refractivity contribution in [2.24, 2.45) is 0 Å². The summed E-state index contributed by atoms with van der Waals surface area (Å²) in [6.07, 6.45) is 3.87. The number of hydrogen-bond donors (Lipinski definition) is 0. The normalized spacial score (nSPS) is 9.61. The maximum atomic E-state index is 10.8. The molecule has 0 saturated heterocycles. The van der Waals surface area contributed by atoms with Crippen LogP contribution < -0.4 is 15.1 Å². The predicted molar refractivity (Wildman–Crippen MR) is 120 cm³/mol. The van der Waals surface area contributed by atoms with E-state index >= 15 is 0 Å². The zero-order chi connectivity index (χ0) is 22.6. The second-order valence-electron chi connectivity index (χ2n) is 6.35. The third-order valence-corrected chi connectivity index (χ3v) is 4.22. The van der Waals surface area contributed by atoms with Gasteiger partial charge >= 0.3 is 6.71 Å². The molecular weight excluding hydrogens is 393 g/mol. The fraction of sp³-hybridized carbons (Fsp3) is 0.227. The first-order valence-corrected chi connectivity index (χ1v) is 9.66. The first kappa shape index (κ1) is 23.4. The van der Waals surface area contributed by atoms with Gasteiger partial charge in [0, 0.05) is 18.1 Å². The second-order valence-corrected chi connectivity index (χ2v) is 6.35. The number of aromatic nitrogens is 4. The molecule has 3 aromatic rings. The van der Waals surface area contributed by atoms with Crippen LogP contribution in [0.2, 0.25) is 0 Å². The number of rotatable bonds is 8. The highest BCUT2D eigenvalue weighted by Crippen LogP contribution is 2.22. The average molecular weight is 417 g/mol. The van der Waals surface area contributed by atoms with Crippen LogP contribution in [0.25, 0.3) is 11.5 Å². The van der Waals surface area contributed by atoms with E-state index in [1.165, 1.54) is 0 Å². The number of hydrogen-bond acceptors (Lipinski definition) is 7. The Labute approximate surface area is 182 Å². The Morgan fingerprint density at radius 2 is 2.13 bits per heavy atom. The Morgan fingerprint density at radius 1 is 1.32 bits per heavy atom. The van der Waals surface area contributed by atoms with Gasteiger partial charge in [-0.3, -0.25) is 4.98 Å². The highest BCUT2D eigenvalue weighted by Gasteiger charge is 2.19. The smallest absolute Gasteiger partial charge is 0.390 e. The Hall–Kier alpha value is -3.93. The van der Waals surface area contributed by atoms with E-state index in [2.05, 4.69) is 21.8 Å². The molecule has 2 heterocycles.